The zero-order valence-electron chi connectivity index (χ0n) is 11.3. The largest absolute Gasteiger partial charge is 1.00 e. The van der Waals surface area contributed by atoms with Crippen molar-refractivity contribution in [2.75, 3.05) is 20.3 Å². The van der Waals surface area contributed by atoms with Crippen LogP contribution in [0.25, 0.3) is 0 Å². The zero-order valence-corrected chi connectivity index (χ0v) is 13.3. The average Bonchev–Trinajstić information content (AvgIpc) is 2.15. The molecule has 0 aromatic heterocycles. The molecular formula is C7H16Na2O6. The third-order valence-electron chi connectivity index (χ3n) is 2.21. The number of hydrogen-bond donors (Lipinski definition) is 4. The van der Waals surface area contributed by atoms with Gasteiger partial charge in [-0.3, -0.25) is 0 Å². The second-order valence-electron chi connectivity index (χ2n) is 2.97. The fraction of sp³-hybridized carbons (Fsp3) is 1.00. The van der Waals surface area contributed by atoms with Crippen LogP contribution in [0.2, 0.25) is 0 Å². The molecule has 0 aromatic carbocycles. The van der Waals surface area contributed by atoms with E-state index in [1.54, 1.807) is 0 Å². The van der Waals surface area contributed by atoms with E-state index in [0.717, 1.165) is 7.11 Å². The van der Waals surface area contributed by atoms with Gasteiger partial charge < -0.3 is 32.8 Å². The van der Waals surface area contributed by atoms with E-state index in [0.29, 0.717) is 0 Å². The summed E-state index contributed by atoms with van der Waals surface area (Å²) in [7, 11) is 1.16. The molecule has 4 N–H and O–H groups in total. The summed E-state index contributed by atoms with van der Waals surface area (Å²) >= 11 is 0. The van der Waals surface area contributed by atoms with Gasteiger partial charge in [0.2, 0.25) is 5.79 Å². The Morgan fingerprint density at radius 2 is 2.00 bits per heavy atom. The molecule has 0 saturated carbocycles. The van der Waals surface area contributed by atoms with Crippen molar-refractivity contribution >= 4 is 0 Å². The average molecular weight is 242 g/mol. The van der Waals surface area contributed by atoms with Crippen molar-refractivity contribution < 1.29 is 91.9 Å². The number of ether oxygens (including phenoxy) is 2. The summed E-state index contributed by atoms with van der Waals surface area (Å²) in [6.07, 6.45) is -3.74. The first-order valence-corrected chi connectivity index (χ1v) is 3.92. The smallest absolute Gasteiger partial charge is 1.00 e. The Balaban J connectivity index is -0.000000211. The molecule has 0 spiro atoms. The molecule has 0 aromatic rings. The second-order valence-corrected chi connectivity index (χ2v) is 2.97. The Morgan fingerprint density at radius 3 is 2.40 bits per heavy atom. The van der Waals surface area contributed by atoms with Crippen molar-refractivity contribution in [2.45, 2.75) is 24.1 Å². The van der Waals surface area contributed by atoms with Crippen molar-refractivity contribution in [3.05, 3.63) is 0 Å². The molecule has 0 amide bonds. The van der Waals surface area contributed by atoms with Crippen molar-refractivity contribution in [3.8, 4) is 0 Å². The third-order valence-corrected chi connectivity index (χ3v) is 2.21. The van der Waals surface area contributed by atoms with E-state index in [9.17, 15) is 10.2 Å². The quantitative estimate of drug-likeness (QED) is 0.283. The maximum absolute atomic E-state index is 9.66. The summed E-state index contributed by atoms with van der Waals surface area (Å²) in [6, 6.07) is 0. The second kappa shape index (κ2) is 7.97. The van der Waals surface area contributed by atoms with Gasteiger partial charge in [-0.15, -0.1) is 0 Å². The van der Waals surface area contributed by atoms with Crippen LogP contribution in [0.5, 0.6) is 0 Å². The first-order chi connectivity index (χ1) is 6.06. The van der Waals surface area contributed by atoms with E-state index in [1.807, 2.05) is 0 Å². The van der Waals surface area contributed by atoms with Gasteiger partial charge in [-0.1, -0.05) is 0 Å². The summed E-state index contributed by atoms with van der Waals surface area (Å²) in [5, 5.41) is 37.0. The van der Waals surface area contributed by atoms with Gasteiger partial charge in [0.15, 0.2) is 0 Å². The molecule has 1 rings (SSSR count). The predicted molar refractivity (Wildman–Crippen MR) is 43.0 cm³/mol. The predicted octanol–water partition coefficient (Wildman–Crippen LogP) is -8.33. The van der Waals surface area contributed by atoms with Gasteiger partial charge in [0, 0.05) is 7.11 Å². The normalized spacial score (nSPS) is 40.2. The molecule has 1 heterocycles. The molecule has 1 fully saturated rings. The molecule has 6 nitrogen and oxygen atoms in total. The van der Waals surface area contributed by atoms with Crippen LogP contribution in [-0.2, 0) is 9.47 Å². The van der Waals surface area contributed by atoms with Gasteiger partial charge in [0.05, 0.1) is 13.2 Å². The zero-order chi connectivity index (χ0) is 10.1. The van der Waals surface area contributed by atoms with Crippen LogP contribution >= 0.6 is 0 Å². The van der Waals surface area contributed by atoms with Gasteiger partial charge in [-0.05, 0) is 0 Å². The van der Waals surface area contributed by atoms with E-state index in [2.05, 4.69) is 4.74 Å². The van der Waals surface area contributed by atoms with Crippen LogP contribution in [0, 0.1) is 0 Å². The van der Waals surface area contributed by atoms with E-state index >= 15 is 0 Å². The minimum absolute atomic E-state index is 0. The molecule has 1 saturated heterocycles. The first kappa shape index (κ1) is 19.1. The topological polar surface area (TPSA) is 99.4 Å². The Kier molecular flexibility index (Phi) is 10.1. The SMILES string of the molecule is CO[C@]1(O)[C@H](O)[C@@H](O)CO[C@@H]1CO.[H-].[H-].[Na+].[Na+]. The van der Waals surface area contributed by atoms with E-state index in [4.69, 9.17) is 14.9 Å². The van der Waals surface area contributed by atoms with Crippen LogP contribution in [0.1, 0.15) is 2.85 Å². The number of hydrogen-bond acceptors (Lipinski definition) is 6. The minimum Gasteiger partial charge on any atom is -1.00 e. The molecular weight excluding hydrogens is 226 g/mol. The number of methoxy groups -OCH3 is 1. The maximum Gasteiger partial charge on any atom is 1.00 e. The van der Waals surface area contributed by atoms with Crippen LogP contribution in [-0.4, -0.2) is 64.8 Å². The number of aliphatic hydroxyl groups excluding tert-OH is 3. The standard InChI is InChI=1S/C7H14O6.2Na.2H/c1-12-7(11)5(2-8)13-3-4(9)6(7)10;;;;/h4-6,8-11H,2-3H2,1H3;;;;/q;2*+1;2*-1/t4-,5+,6+,7-;;;;/m0..../s1. The Bertz CT molecular complexity index is 188. The van der Waals surface area contributed by atoms with Crippen LogP contribution in [0.4, 0.5) is 0 Å². The monoisotopic (exact) mass is 242 g/mol. The van der Waals surface area contributed by atoms with E-state index in [1.165, 1.54) is 0 Å². The molecule has 0 unspecified atom stereocenters. The Labute approximate surface area is 135 Å². The molecule has 0 radical (unpaired) electrons. The molecule has 0 bridgehead atoms. The summed E-state index contributed by atoms with van der Waals surface area (Å²) in [6.45, 7) is -0.633. The van der Waals surface area contributed by atoms with Crippen molar-refractivity contribution in [3.63, 3.8) is 0 Å². The number of rotatable bonds is 2. The maximum atomic E-state index is 9.66. The van der Waals surface area contributed by atoms with Crippen LogP contribution in [0.3, 0.4) is 0 Å². The van der Waals surface area contributed by atoms with Crippen LogP contribution in [0.15, 0.2) is 0 Å². The van der Waals surface area contributed by atoms with Crippen molar-refractivity contribution in [2.24, 2.45) is 0 Å². The van der Waals surface area contributed by atoms with Crippen molar-refractivity contribution in [1.82, 2.24) is 0 Å². The molecule has 1 aliphatic heterocycles. The number of aliphatic hydroxyl groups is 4. The fourth-order valence-corrected chi connectivity index (χ4v) is 1.33. The Morgan fingerprint density at radius 1 is 1.47 bits per heavy atom. The fourth-order valence-electron chi connectivity index (χ4n) is 1.33. The summed E-state index contributed by atoms with van der Waals surface area (Å²) < 4.78 is 9.51. The summed E-state index contributed by atoms with van der Waals surface area (Å²) in [4.78, 5) is 0. The van der Waals surface area contributed by atoms with Gasteiger partial charge in [-0.2, -0.15) is 0 Å². The van der Waals surface area contributed by atoms with E-state index in [-0.39, 0.29) is 68.6 Å². The minimum atomic E-state index is -2.05. The van der Waals surface area contributed by atoms with Gasteiger partial charge in [0.1, 0.15) is 18.3 Å². The Hall–Kier alpha value is 1.76. The first-order valence-electron chi connectivity index (χ1n) is 3.92. The summed E-state index contributed by atoms with van der Waals surface area (Å²) in [5.41, 5.74) is 0. The summed E-state index contributed by atoms with van der Waals surface area (Å²) in [5.74, 6) is -2.05. The molecule has 4 atom stereocenters. The molecule has 8 heteroatoms. The van der Waals surface area contributed by atoms with Crippen LogP contribution < -0.4 is 59.1 Å². The van der Waals surface area contributed by atoms with Gasteiger partial charge >= 0.3 is 59.1 Å². The van der Waals surface area contributed by atoms with E-state index < -0.39 is 30.7 Å². The van der Waals surface area contributed by atoms with Crippen molar-refractivity contribution in [1.29, 1.82) is 0 Å². The molecule has 15 heavy (non-hydrogen) atoms. The third kappa shape index (κ3) is 3.87. The molecule has 1 aliphatic rings. The molecule has 0 aliphatic carbocycles. The van der Waals surface area contributed by atoms with Gasteiger partial charge in [0.25, 0.3) is 0 Å². The van der Waals surface area contributed by atoms with Gasteiger partial charge in [-0.25, -0.2) is 0 Å². The molecule has 82 valence electrons.